The first-order valence-electron chi connectivity index (χ1n) is 7.08. The van der Waals surface area contributed by atoms with Crippen molar-refractivity contribution in [3.8, 4) is 0 Å². The normalized spacial score (nSPS) is 14.4. The van der Waals surface area contributed by atoms with Gasteiger partial charge in [-0.2, -0.15) is 0 Å². The first-order chi connectivity index (χ1) is 7.39. The second-order valence-electron chi connectivity index (χ2n) is 5.97. The summed E-state index contributed by atoms with van der Waals surface area (Å²) in [7, 11) is 0. The lowest BCUT2D eigenvalue weighted by Crippen LogP contribution is -2.29. The van der Waals surface area contributed by atoms with Gasteiger partial charge in [-0.15, -0.1) is 11.6 Å². The van der Waals surface area contributed by atoms with Gasteiger partial charge in [-0.25, -0.2) is 0 Å². The largest absolute Gasteiger partial charge is 0.120 e. The molecule has 0 aliphatic heterocycles. The quantitative estimate of drug-likeness (QED) is 0.344. The van der Waals surface area contributed by atoms with Crippen LogP contribution in [0.15, 0.2) is 0 Å². The SMILES string of the molecule is CCCCCCCCC(C(C)C)C(C)(C)Cl. The molecular formula is C15H31Cl. The van der Waals surface area contributed by atoms with E-state index in [2.05, 4.69) is 34.6 Å². The third-order valence-electron chi connectivity index (χ3n) is 3.56. The van der Waals surface area contributed by atoms with Crippen LogP contribution in [-0.4, -0.2) is 4.87 Å². The highest BCUT2D eigenvalue weighted by Gasteiger charge is 2.28. The van der Waals surface area contributed by atoms with Gasteiger partial charge in [-0.1, -0.05) is 59.3 Å². The molecule has 0 radical (unpaired) electrons. The Morgan fingerprint density at radius 1 is 0.938 bits per heavy atom. The molecule has 0 bridgehead atoms. The van der Waals surface area contributed by atoms with E-state index in [1.807, 2.05) is 0 Å². The van der Waals surface area contributed by atoms with Crippen molar-refractivity contribution in [2.75, 3.05) is 0 Å². The van der Waals surface area contributed by atoms with Gasteiger partial charge in [-0.05, 0) is 32.1 Å². The van der Waals surface area contributed by atoms with E-state index < -0.39 is 0 Å². The second kappa shape index (κ2) is 8.39. The molecule has 0 amide bonds. The molecule has 0 saturated carbocycles. The molecule has 0 aliphatic carbocycles. The maximum Gasteiger partial charge on any atom is 0.0421 e. The van der Waals surface area contributed by atoms with Crippen LogP contribution in [0.25, 0.3) is 0 Å². The number of alkyl halides is 1. The molecule has 0 aromatic heterocycles. The van der Waals surface area contributed by atoms with Crippen molar-refractivity contribution in [3.05, 3.63) is 0 Å². The van der Waals surface area contributed by atoms with Gasteiger partial charge in [0.2, 0.25) is 0 Å². The molecule has 0 spiro atoms. The maximum atomic E-state index is 6.46. The van der Waals surface area contributed by atoms with E-state index in [-0.39, 0.29) is 4.87 Å². The van der Waals surface area contributed by atoms with E-state index in [1.54, 1.807) is 0 Å². The number of hydrogen-bond donors (Lipinski definition) is 0. The van der Waals surface area contributed by atoms with Crippen molar-refractivity contribution < 1.29 is 0 Å². The highest BCUT2D eigenvalue weighted by molar-refractivity contribution is 6.23. The van der Waals surface area contributed by atoms with Crippen molar-refractivity contribution >= 4 is 11.6 Å². The van der Waals surface area contributed by atoms with Crippen LogP contribution in [0.5, 0.6) is 0 Å². The third kappa shape index (κ3) is 7.54. The molecule has 0 heterocycles. The zero-order chi connectivity index (χ0) is 12.6. The summed E-state index contributed by atoms with van der Waals surface area (Å²) in [5.41, 5.74) is 0. The Labute approximate surface area is 108 Å². The molecule has 16 heavy (non-hydrogen) atoms. The van der Waals surface area contributed by atoms with Crippen molar-refractivity contribution in [2.24, 2.45) is 11.8 Å². The highest BCUT2D eigenvalue weighted by atomic mass is 35.5. The Kier molecular flexibility index (Phi) is 8.54. The van der Waals surface area contributed by atoms with Gasteiger partial charge in [-0.3, -0.25) is 0 Å². The molecule has 1 atom stereocenters. The molecule has 0 aliphatic rings. The van der Waals surface area contributed by atoms with Crippen LogP contribution < -0.4 is 0 Å². The third-order valence-corrected chi connectivity index (χ3v) is 3.84. The maximum absolute atomic E-state index is 6.46. The predicted molar refractivity (Wildman–Crippen MR) is 76.3 cm³/mol. The number of halogens is 1. The minimum Gasteiger partial charge on any atom is -0.120 e. The average Bonchev–Trinajstić information content (AvgIpc) is 2.13. The Bertz CT molecular complexity index is 155. The minimum absolute atomic E-state index is 0.0441. The smallest absolute Gasteiger partial charge is 0.0421 e. The fourth-order valence-corrected chi connectivity index (χ4v) is 2.97. The second-order valence-corrected chi connectivity index (χ2v) is 6.95. The minimum atomic E-state index is -0.0441. The lowest BCUT2D eigenvalue weighted by Gasteiger charge is -2.32. The Balaban J connectivity index is 3.70. The lowest BCUT2D eigenvalue weighted by molar-refractivity contribution is 0.281. The summed E-state index contributed by atoms with van der Waals surface area (Å²) in [4.78, 5) is -0.0441. The van der Waals surface area contributed by atoms with Crippen molar-refractivity contribution in [1.29, 1.82) is 0 Å². The number of rotatable bonds is 9. The van der Waals surface area contributed by atoms with E-state index >= 15 is 0 Å². The molecule has 0 saturated heterocycles. The molecule has 0 rings (SSSR count). The van der Waals surface area contributed by atoms with Crippen LogP contribution in [0.1, 0.15) is 79.6 Å². The highest BCUT2D eigenvalue weighted by Crippen LogP contribution is 2.34. The van der Waals surface area contributed by atoms with Gasteiger partial charge in [0, 0.05) is 4.87 Å². The summed E-state index contributed by atoms with van der Waals surface area (Å²) in [5.74, 6) is 1.35. The van der Waals surface area contributed by atoms with Crippen LogP contribution in [0.4, 0.5) is 0 Å². The number of unbranched alkanes of at least 4 members (excludes halogenated alkanes) is 5. The molecular weight excluding hydrogens is 216 g/mol. The van der Waals surface area contributed by atoms with Gasteiger partial charge in [0.1, 0.15) is 0 Å². The Hall–Kier alpha value is 0.290. The van der Waals surface area contributed by atoms with Crippen LogP contribution in [0.2, 0.25) is 0 Å². The van der Waals surface area contributed by atoms with Gasteiger partial charge in [0.25, 0.3) is 0 Å². The monoisotopic (exact) mass is 246 g/mol. The summed E-state index contributed by atoms with van der Waals surface area (Å²) < 4.78 is 0. The van der Waals surface area contributed by atoms with Crippen molar-refractivity contribution in [1.82, 2.24) is 0 Å². The van der Waals surface area contributed by atoms with Crippen molar-refractivity contribution in [2.45, 2.75) is 84.4 Å². The number of hydrogen-bond acceptors (Lipinski definition) is 0. The first kappa shape index (κ1) is 16.3. The molecule has 0 nitrogen and oxygen atoms in total. The average molecular weight is 247 g/mol. The van der Waals surface area contributed by atoms with Crippen LogP contribution in [0.3, 0.4) is 0 Å². The van der Waals surface area contributed by atoms with E-state index in [4.69, 9.17) is 11.6 Å². The molecule has 1 unspecified atom stereocenters. The van der Waals surface area contributed by atoms with Crippen LogP contribution >= 0.6 is 11.6 Å². The van der Waals surface area contributed by atoms with E-state index in [0.29, 0.717) is 11.8 Å². The summed E-state index contributed by atoms with van der Waals surface area (Å²) >= 11 is 6.46. The van der Waals surface area contributed by atoms with E-state index in [0.717, 1.165) is 0 Å². The molecule has 0 N–H and O–H groups in total. The Morgan fingerprint density at radius 2 is 1.44 bits per heavy atom. The topological polar surface area (TPSA) is 0 Å². The fraction of sp³-hybridized carbons (Fsp3) is 1.00. The van der Waals surface area contributed by atoms with Crippen LogP contribution in [-0.2, 0) is 0 Å². The van der Waals surface area contributed by atoms with Gasteiger partial charge in [0.15, 0.2) is 0 Å². The zero-order valence-corrected chi connectivity index (χ0v) is 12.7. The summed E-state index contributed by atoms with van der Waals surface area (Å²) in [6, 6.07) is 0. The summed E-state index contributed by atoms with van der Waals surface area (Å²) in [6.07, 6.45) is 9.58. The van der Waals surface area contributed by atoms with Gasteiger partial charge in [0.05, 0.1) is 0 Å². The molecule has 0 fully saturated rings. The van der Waals surface area contributed by atoms with Gasteiger partial charge < -0.3 is 0 Å². The zero-order valence-electron chi connectivity index (χ0n) is 12.0. The molecule has 0 aromatic carbocycles. The van der Waals surface area contributed by atoms with Crippen molar-refractivity contribution in [3.63, 3.8) is 0 Å². The van der Waals surface area contributed by atoms with Crippen LogP contribution in [0, 0.1) is 11.8 Å². The fourth-order valence-electron chi connectivity index (χ4n) is 2.61. The lowest BCUT2D eigenvalue weighted by atomic mass is 9.81. The summed E-state index contributed by atoms with van der Waals surface area (Å²) in [5, 5.41) is 0. The van der Waals surface area contributed by atoms with E-state index in [1.165, 1.54) is 44.9 Å². The predicted octanol–water partition coefficient (Wildman–Crippen LogP) is 6.03. The summed E-state index contributed by atoms with van der Waals surface area (Å²) in [6.45, 7) is 11.2. The molecule has 1 heteroatoms. The molecule has 98 valence electrons. The van der Waals surface area contributed by atoms with E-state index in [9.17, 15) is 0 Å². The first-order valence-corrected chi connectivity index (χ1v) is 7.46. The van der Waals surface area contributed by atoms with Gasteiger partial charge >= 0.3 is 0 Å². The molecule has 0 aromatic rings. The standard InChI is InChI=1S/C15H31Cl/c1-6-7-8-9-10-11-12-14(13(2)3)15(4,5)16/h13-14H,6-12H2,1-5H3. The Morgan fingerprint density at radius 3 is 1.88 bits per heavy atom.